The van der Waals surface area contributed by atoms with Crippen LogP contribution in [0.15, 0.2) is 113 Å². The summed E-state index contributed by atoms with van der Waals surface area (Å²) in [7, 11) is -31.4. The number of nitrogens with zero attached hydrogens (tertiary/aromatic N) is 6. The van der Waals surface area contributed by atoms with Crippen LogP contribution in [0.5, 0.6) is 23.0 Å². The van der Waals surface area contributed by atoms with Crippen LogP contribution in [0.1, 0.15) is 0 Å². The first-order valence-electron chi connectivity index (χ1n) is 18.3. The molecule has 47 heteroatoms. The SMILES string of the molecule is O=[N+]([O-])c1cc(N=Nc2c(S(=O)(=O)[O-])cc3cc(NCS(=O)(=O)[O-])ccc3c2[O-])c([O-])c(S(=O)(=O)[O-])c1.O=[N+]([O-])c1cc(N=Nc2c(S(=O)(=O)[O-])cc3ccc(NCS(=O)(=O)[O-])cc3c2[O-])c([O-])c(S(=O)(=O)[O-])c1.[Cr].[Na+].[Na+].[Na+].[Na+].[Na+].[Na+]. The normalized spacial score (nSPS) is 11.6. The minimum atomic E-state index is -5.53. The second kappa shape index (κ2) is 32.6. The molecule has 0 aliphatic carbocycles. The zero-order valence-corrected chi connectivity index (χ0v) is 59.7. The Morgan fingerprint density at radius 2 is 0.728 bits per heavy atom. The molecule has 0 saturated carbocycles. The maximum atomic E-state index is 13.0. The Labute approximate surface area is 599 Å². The summed E-state index contributed by atoms with van der Waals surface area (Å²) in [5, 5.41) is 88.8. The molecule has 0 aliphatic heterocycles. The van der Waals surface area contributed by atoms with Crippen molar-refractivity contribution >= 4 is 128 Å². The summed E-state index contributed by atoms with van der Waals surface area (Å²) in [5.74, 6) is -7.96. The number of non-ortho nitro benzene ring substituents is 2. The molecular formula is C34H18CrN8Na6O26S6-4. The summed E-state index contributed by atoms with van der Waals surface area (Å²) in [4.78, 5) is 14.1. The van der Waals surface area contributed by atoms with Gasteiger partial charge < -0.3 is 58.4 Å². The van der Waals surface area contributed by atoms with Crippen molar-refractivity contribution < 1.29 is 303 Å². The molecule has 0 radical (unpaired) electrons. The van der Waals surface area contributed by atoms with E-state index in [9.17, 15) is 118 Å². The Hall–Kier alpha value is -1.37. The Bertz CT molecular complexity index is 4180. The van der Waals surface area contributed by atoms with Crippen molar-refractivity contribution in [1.29, 1.82) is 0 Å². The fraction of sp³-hybridized carbons (Fsp3) is 0.0588. The van der Waals surface area contributed by atoms with Crippen molar-refractivity contribution in [3.63, 3.8) is 0 Å². The van der Waals surface area contributed by atoms with Gasteiger partial charge in [0.1, 0.15) is 72.5 Å². The van der Waals surface area contributed by atoms with E-state index in [4.69, 9.17) is 0 Å². The molecule has 0 spiro atoms. The van der Waals surface area contributed by atoms with E-state index in [1.165, 1.54) is 0 Å². The summed E-state index contributed by atoms with van der Waals surface area (Å²) in [5.41, 5.74) is -6.89. The quantitative estimate of drug-likeness (QED) is 0.0299. The average molecular weight is 1340 g/mol. The minimum absolute atomic E-state index is 0. The number of fused-ring (bicyclic) bond motifs is 2. The molecule has 0 unspecified atom stereocenters. The van der Waals surface area contributed by atoms with E-state index in [1.54, 1.807) is 0 Å². The maximum absolute atomic E-state index is 13.0. The van der Waals surface area contributed by atoms with Crippen LogP contribution in [0, 0.1) is 20.2 Å². The number of hydrogen-bond acceptors (Lipinski definition) is 32. The van der Waals surface area contributed by atoms with Gasteiger partial charge in [-0.15, -0.1) is 10.2 Å². The van der Waals surface area contributed by atoms with Gasteiger partial charge in [0.2, 0.25) is 0 Å². The third-order valence-corrected chi connectivity index (χ3v) is 13.4. The molecular weight excluding hydrogens is 1320 g/mol. The van der Waals surface area contributed by atoms with Gasteiger partial charge in [0, 0.05) is 53.0 Å². The third-order valence-electron chi connectivity index (χ3n) is 9.02. The number of rotatable bonds is 16. The number of azo groups is 2. The van der Waals surface area contributed by atoms with E-state index in [0.717, 1.165) is 36.4 Å². The molecule has 402 valence electrons. The molecule has 0 atom stereocenters. The minimum Gasteiger partial charge on any atom is -0.871 e. The van der Waals surface area contributed by atoms with Gasteiger partial charge in [0.05, 0.1) is 52.2 Å². The van der Waals surface area contributed by atoms with Crippen molar-refractivity contribution in [2.75, 3.05) is 22.4 Å². The summed E-state index contributed by atoms with van der Waals surface area (Å²) < 4.78 is 203. The van der Waals surface area contributed by atoms with Gasteiger partial charge in [-0.25, -0.2) is 50.5 Å². The van der Waals surface area contributed by atoms with Crippen LogP contribution in [-0.4, -0.2) is 99.4 Å². The van der Waals surface area contributed by atoms with E-state index in [1.807, 2.05) is 0 Å². The summed E-state index contributed by atoms with van der Waals surface area (Å²) in [6.45, 7) is 0. The van der Waals surface area contributed by atoms with Crippen LogP contribution in [0.4, 0.5) is 45.5 Å². The molecule has 6 rings (SSSR count). The van der Waals surface area contributed by atoms with Gasteiger partial charge in [0.25, 0.3) is 11.4 Å². The summed E-state index contributed by atoms with van der Waals surface area (Å²) in [6, 6.07) is 8.96. The molecule has 0 saturated heterocycles. The van der Waals surface area contributed by atoms with Crippen molar-refractivity contribution in [3.8, 4) is 23.0 Å². The molecule has 0 amide bonds. The number of nitro groups is 2. The van der Waals surface area contributed by atoms with Crippen LogP contribution in [0.3, 0.4) is 0 Å². The number of nitrogens with one attached hydrogen (secondary N) is 2. The van der Waals surface area contributed by atoms with Crippen LogP contribution < -0.4 is 208 Å². The monoisotopic (exact) mass is 1340 g/mol. The average Bonchev–Trinajstić information content (AvgIpc) is 3.25. The fourth-order valence-corrected chi connectivity index (χ4v) is 9.05. The van der Waals surface area contributed by atoms with Crippen molar-refractivity contribution in [2.45, 2.75) is 19.6 Å². The van der Waals surface area contributed by atoms with E-state index in [0.29, 0.717) is 24.3 Å². The van der Waals surface area contributed by atoms with Crippen molar-refractivity contribution in [2.24, 2.45) is 20.5 Å². The van der Waals surface area contributed by atoms with Gasteiger partial charge in [-0.1, -0.05) is 35.1 Å². The second-order valence-electron chi connectivity index (χ2n) is 14.0. The van der Waals surface area contributed by atoms with E-state index in [-0.39, 0.29) is 240 Å². The predicted molar refractivity (Wildman–Crippen MR) is 228 cm³/mol. The molecule has 2 N–H and O–H groups in total. The number of nitro benzene ring substituents is 2. The van der Waals surface area contributed by atoms with Crippen LogP contribution in [0.25, 0.3) is 21.5 Å². The molecule has 0 bridgehead atoms. The molecule has 6 aromatic rings. The zero-order valence-electron chi connectivity index (χ0n) is 41.5. The Morgan fingerprint density at radius 1 is 0.395 bits per heavy atom. The first kappa shape index (κ1) is 83.8. The van der Waals surface area contributed by atoms with Gasteiger partial charge in [0.15, 0.2) is 0 Å². The van der Waals surface area contributed by atoms with Gasteiger partial charge in [-0.05, 0) is 57.9 Å². The standard InChI is InChI=1S/2C17H14N4O13S3.Cr.6Na/c22-16-11-2-1-9(18-7-35(26,27)28)3-8(11)4-13(36(29,30)31)15(16)20-19-12-5-10(21(24)25)6-14(17(12)23)37(32,33)34;22-16-11-4-9(18-7-35(26,27)28)2-1-8(11)3-13(36(29,30)31)15(16)20-19-12-5-10(21(24)25)6-14(17(12)23)37(32,33)34;;;;;;;/h2*1-6,18,22-23H,7H2,(H,26,27,28)(H,29,30,31)(H,32,33,34);;;;;;;/q;;;6*+1/p-10. The van der Waals surface area contributed by atoms with Gasteiger partial charge >= 0.3 is 177 Å². The fourth-order valence-electron chi connectivity index (χ4n) is 5.88. The van der Waals surface area contributed by atoms with E-state index >= 15 is 0 Å². The van der Waals surface area contributed by atoms with E-state index < -0.39 is 159 Å². The van der Waals surface area contributed by atoms with Crippen LogP contribution in [0.2, 0.25) is 0 Å². The maximum Gasteiger partial charge on any atom is 1.00 e. The number of anilines is 2. The molecule has 34 nitrogen and oxygen atoms in total. The molecule has 0 heterocycles. The second-order valence-corrected chi connectivity index (χ2v) is 22.2. The first-order chi connectivity index (χ1) is 33.8. The smallest absolute Gasteiger partial charge is 0.871 e. The Kier molecular flexibility index (Phi) is 33.7. The third kappa shape index (κ3) is 22.7. The topological polar surface area (TPSA) is 595 Å². The van der Waals surface area contributed by atoms with Gasteiger partial charge in [-0.2, -0.15) is 10.2 Å². The molecule has 0 fully saturated rings. The zero-order chi connectivity index (χ0) is 55.8. The number of hydrogen-bond donors (Lipinski definition) is 2. The summed E-state index contributed by atoms with van der Waals surface area (Å²) >= 11 is 0. The van der Waals surface area contributed by atoms with Crippen LogP contribution >= 0.6 is 0 Å². The summed E-state index contributed by atoms with van der Waals surface area (Å²) in [6.07, 6.45) is 0. The number of benzene rings is 6. The largest absolute Gasteiger partial charge is 1.00 e. The molecule has 0 aromatic heterocycles. The van der Waals surface area contributed by atoms with E-state index in [2.05, 4.69) is 31.1 Å². The first-order valence-corrected chi connectivity index (χ1v) is 27.1. The Morgan fingerprint density at radius 3 is 1.07 bits per heavy atom. The molecule has 81 heavy (non-hydrogen) atoms. The van der Waals surface area contributed by atoms with Crippen molar-refractivity contribution in [1.82, 2.24) is 0 Å². The van der Waals surface area contributed by atoms with Crippen LogP contribution in [-0.2, 0) is 78.1 Å². The van der Waals surface area contributed by atoms with Gasteiger partial charge in [-0.3, -0.25) is 20.2 Å². The van der Waals surface area contributed by atoms with Crippen molar-refractivity contribution in [3.05, 3.63) is 93.0 Å². The molecule has 6 aromatic carbocycles. The molecule has 0 aliphatic rings. The Balaban J connectivity index is -0.00000138. The predicted octanol–water partition coefficient (Wildman–Crippen LogP) is -17.9.